The molecule has 0 atom stereocenters. The van der Waals surface area contributed by atoms with Crippen molar-refractivity contribution < 1.29 is 9.53 Å². The first-order chi connectivity index (χ1) is 12.2. The molecule has 0 aromatic carbocycles. The van der Waals surface area contributed by atoms with E-state index in [2.05, 4.69) is 34.0 Å². The number of likely N-dealkylation sites (tertiary alicyclic amines) is 1. The molecule has 1 fully saturated rings. The van der Waals surface area contributed by atoms with Crippen LogP contribution in [-0.2, 0) is 4.74 Å². The van der Waals surface area contributed by atoms with Crippen molar-refractivity contribution >= 4 is 17.9 Å². The number of nitrogens with zero attached hydrogens (tertiary/aromatic N) is 4. The molecule has 1 saturated heterocycles. The number of carbonyl (C=O) groups excluding carboxylic acids is 1. The summed E-state index contributed by atoms with van der Waals surface area (Å²) in [4.78, 5) is 24.9. The average molecular weight is 349 g/mol. The molecule has 25 heavy (non-hydrogen) atoms. The lowest BCUT2D eigenvalue weighted by Gasteiger charge is -2.32. The summed E-state index contributed by atoms with van der Waals surface area (Å²) < 4.78 is 5.06. The zero-order valence-corrected chi connectivity index (χ0v) is 15.7. The average Bonchev–Trinajstić information content (AvgIpc) is 2.62. The first-order valence-corrected chi connectivity index (χ1v) is 9.44. The molecule has 0 aliphatic carbocycles. The molecule has 140 valence electrons. The summed E-state index contributed by atoms with van der Waals surface area (Å²) in [6.07, 6.45) is 5.55. The van der Waals surface area contributed by atoms with Gasteiger partial charge in [0.15, 0.2) is 0 Å². The van der Waals surface area contributed by atoms with Gasteiger partial charge in [0, 0.05) is 38.4 Å². The van der Waals surface area contributed by atoms with Gasteiger partial charge in [-0.1, -0.05) is 13.8 Å². The lowest BCUT2D eigenvalue weighted by molar-refractivity contribution is 0.0983. The summed E-state index contributed by atoms with van der Waals surface area (Å²) in [5.74, 6) is 1.65. The number of hydrogen-bond acceptors (Lipinski definition) is 6. The monoisotopic (exact) mass is 349 g/mol. The van der Waals surface area contributed by atoms with E-state index in [1.54, 1.807) is 4.90 Å². The molecular formula is C18H31N5O2. The number of aromatic nitrogens is 2. The summed E-state index contributed by atoms with van der Waals surface area (Å²) in [5, 5.41) is 3.50. The Hall–Kier alpha value is -2.05. The van der Waals surface area contributed by atoms with Crippen molar-refractivity contribution in [3.63, 3.8) is 0 Å². The molecule has 1 amide bonds. The van der Waals surface area contributed by atoms with Gasteiger partial charge in [0.25, 0.3) is 0 Å². The zero-order chi connectivity index (χ0) is 18.1. The number of rotatable bonds is 8. The van der Waals surface area contributed by atoms with Gasteiger partial charge in [-0.2, -0.15) is 4.98 Å². The van der Waals surface area contributed by atoms with E-state index in [9.17, 15) is 4.79 Å². The molecule has 1 aromatic rings. The molecule has 1 aromatic heterocycles. The maximum Gasteiger partial charge on any atom is 0.409 e. The molecule has 0 spiro atoms. The van der Waals surface area contributed by atoms with Gasteiger partial charge in [-0.25, -0.2) is 9.78 Å². The van der Waals surface area contributed by atoms with Gasteiger partial charge in [0.05, 0.1) is 6.61 Å². The predicted octanol–water partition coefficient (Wildman–Crippen LogP) is 3.14. The van der Waals surface area contributed by atoms with Crippen LogP contribution in [0.3, 0.4) is 0 Å². The van der Waals surface area contributed by atoms with E-state index in [1.807, 2.05) is 19.2 Å². The first kappa shape index (κ1) is 19.3. The van der Waals surface area contributed by atoms with Crippen molar-refractivity contribution in [3.8, 4) is 0 Å². The van der Waals surface area contributed by atoms with Crippen LogP contribution in [-0.4, -0.2) is 59.8 Å². The van der Waals surface area contributed by atoms with Crippen molar-refractivity contribution in [3.05, 3.63) is 12.3 Å². The number of ether oxygens (including phenoxy) is 1. The maximum atomic E-state index is 11.8. The Balaban J connectivity index is 1.91. The molecule has 2 rings (SSSR count). The number of hydrogen-bond donors (Lipinski definition) is 1. The highest BCUT2D eigenvalue weighted by molar-refractivity contribution is 5.67. The third-order valence-corrected chi connectivity index (χ3v) is 4.29. The van der Waals surface area contributed by atoms with Crippen LogP contribution in [0.4, 0.5) is 16.6 Å². The molecule has 1 aliphatic heterocycles. The van der Waals surface area contributed by atoms with Gasteiger partial charge in [-0.15, -0.1) is 0 Å². The second kappa shape index (κ2) is 10.1. The fraction of sp³-hybridized carbons (Fsp3) is 0.722. The normalized spacial score (nSPS) is 15.1. The minimum atomic E-state index is -0.208. The highest BCUT2D eigenvalue weighted by atomic mass is 16.6. The van der Waals surface area contributed by atoms with Crippen molar-refractivity contribution in [2.75, 3.05) is 43.0 Å². The Kier molecular flexibility index (Phi) is 7.76. The number of piperidine rings is 1. The molecule has 7 heteroatoms. The Bertz CT molecular complexity index is 526. The Morgan fingerprint density at radius 2 is 1.96 bits per heavy atom. The molecule has 0 bridgehead atoms. The van der Waals surface area contributed by atoms with Crippen molar-refractivity contribution in [2.45, 2.75) is 52.5 Å². The SMILES string of the molecule is CCCN(CCC)c1nccc(NC2CCN(C(=O)OCC)CC2)n1. The van der Waals surface area contributed by atoms with Gasteiger partial charge >= 0.3 is 6.09 Å². The summed E-state index contributed by atoms with van der Waals surface area (Å²) >= 11 is 0. The zero-order valence-electron chi connectivity index (χ0n) is 15.7. The standard InChI is InChI=1S/C18H31N5O2/c1-4-11-22(12-5-2)17-19-10-7-16(21-17)20-15-8-13-23(14-9-15)18(24)25-6-3/h7,10,15H,4-6,8-9,11-14H2,1-3H3,(H,19,20,21). The van der Waals surface area contributed by atoms with Gasteiger partial charge in [-0.05, 0) is 38.7 Å². The molecule has 7 nitrogen and oxygen atoms in total. The van der Waals surface area contributed by atoms with Crippen LogP contribution in [0.2, 0.25) is 0 Å². The van der Waals surface area contributed by atoms with Gasteiger partial charge in [-0.3, -0.25) is 0 Å². The number of carbonyl (C=O) groups is 1. The fourth-order valence-electron chi connectivity index (χ4n) is 3.06. The van der Waals surface area contributed by atoms with Gasteiger partial charge in [0.2, 0.25) is 5.95 Å². The molecule has 0 saturated carbocycles. The topological polar surface area (TPSA) is 70.6 Å². The van der Waals surface area contributed by atoms with Crippen molar-refractivity contribution in [1.29, 1.82) is 0 Å². The number of anilines is 2. The van der Waals surface area contributed by atoms with E-state index in [0.29, 0.717) is 25.7 Å². The molecular weight excluding hydrogens is 318 g/mol. The highest BCUT2D eigenvalue weighted by Crippen LogP contribution is 2.18. The van der Waals surface area contributed by atoms with Gasteiger partial charge in [0.1, 0.15) is 5.82 Å². The van der Waals surface area contributed by atoms with E-state index in [-0.39, 0.29) is 6.09 Å². The van der Waals surface area contributed by atoms with E-state index >= 15 is 0 Å². The third-order valence-electron chi connectivity index (χ3n) is 4.29. The second-order valence-corrected chi connectivity index (χ2v) is 6.33. The van der Waals surface area contributed by atoms with E-state index < -0.39 is 0 Å². The molecule has 0 unspecified atom stereocenters. The maximum absolute atomic E-state index is 11.8. The molecule has 1 N–H and O–H groups in total. The van der Waals surface area contributed by atoms with E-state index in [0.717, 1.165) is 50.5 Å². The minimum Gasteiger partial charge on any atom is -0.450 e. The second-order valence-electron chi connectivity index (χ2n) is 6.33. The number of amides is 1. The minimum absolute atomic E-state index is 0.208. The largest absolute Gasteiger partial charge is 0.450 e. The van der Waals surface area contributed by atoms with Crippen LogP contribution in [0.5, 0.6) is 0 Å². The summed E-state index contributed by atoms with van der Waals surface area (Å²) in [5.41, 5.74) is 0. The molecule has 2 heterocycles. The van der Waals surface area contributed by atoms with Crippen LogP contribution in [0.15, 0.2) is 12.3 Å². The third kappa shape index (κ3) is 5.76. The van der Waals surface area contributed by atoms with Crippen molar-refractivity contribution in [1.82, 2.24) is 14.9 Å². The predicted molar refractivity (Wildman–Crippen MR) is 100 cm³/mol. The summed E-state index contributed by atoms with van der Waals surface area (Å²) in [7, 11) is 0. The summed E-state index contributed by atoms with van der Waals surface area (Å²) in [6.45, 7) is 9.96. The Morgan fingerprint density at radius 3 is 2.56 bits per heavy atom. The molecule has 0 radical (unpaired) electrons. The lowest BCUT2D eigenvalue weighted by atomic mass is 10.1. The highest BCUT2D eigenvalue weighted by Gasteiger charge is 2.23. The summed E-state index contributed by atoms with van der Waals surface area (Å²) in [6, 6.07) is 2.23. The lowest BCUT2D eigenvalue weighted by Crippen LogP contribution is -2.42. The van der Waals surface area contributed by atoms with E-state index in [1.165, 1.54) is 0 Å². The Labute approximate surface area is 150 Å². The Morgan fingerprint density at radius 1 is 1.28 bits per heavy atom. The van der Waals surface area contributed by atoms with Crippen LogP contribution in [0.25, 0.3) is 0 Å². The fourth-order valence-corrected chi connectivity index (χ4v) is 3.06. The van der Waals surface area contributed by atoms with Crippen molar-refractivity contribution in [2.24, 2.45) is 0 Å². The number of nitrogens with one attached hydrogen (secondary N) is 1. The van der Waals surface area contributed by atoms with Gasteiger partial charge < -0.3 is 19.9 Å². The molecule has 1 aliphatic rings. The smallest absolute Gasteiger partial charge is 0.409 e. The van der Waals surface area contributed by atoms with Crippen LogP contribution in [0.1, 0.15) is 46.5 Å². The van der Waals surface area contributed by atoms with E-state index in [4.69, 9.17) is 4.74 Å². The van der Waals surface area contributed by atoms with Crippen LogP contribution >= 0.6 is 0 Å². The van der Waals surface area contributed by atoms with Crippen LogP contribution in [0, 0.1) is 0 Å². The quantitative estimate of drug-likeness (QED) is 0.777. The van der Waals surface area contributed by atoms with Crippen LogP contribution < -0.4 is 10.2 Å². The first-order valence-electron chi connectivity index (χ1n) is 9.44.